The lowest BCUT2D eigenvalue weighted by Gasteiger charge is -1.96. The lowest BCUT2D eigenvalue weighted by atomic mass is 10.3. The van der Waals surface area contributed by atoms with Gasteiger partial charge in [-0.05, 0) is 28.1 Å². The molecule has 0 amide bonds. The molecule has 0 radical (unpaired) electrons. The zero-order chi connectivity index (χ0) is 8.55. The maximum absolute atomic E-state index is 5.74. The fourth-order valence-electron chi connectivity index (χ4n) is 0.953. The Morgan fingerprint density at radius 2 is 1.75 bits per heavy atom. The Morgan fingerprint density at radius 3 is 2.58 bits per heavy atom. The van der Waals surface area contributed by atoms with Gasteiger partial charge in [0.2, 0.25) is 0 Å². The highest BCUT2D eigenvalue weighted by Crippen LogP contribution is 2.17. The first kappa shape index (κ1) is 7.95. The van der Waals surface area contributed by atoms with Crippen LogP contribution >= 0.6 is 27.5 Å². The predicted octanol–water partition coefficient (Wildman–Crippen LogP) is 3.05. The smallest absolute Gasteiger partial charge is 0.0902 e. The molecule has 4 heteroatoms. The first-order valence-electron chi connectivity index (χ1n) is 3.32. The number of hydrogen-bond donors (Lipinski definition) is 0. The highest BCUT2D eigenvalue weighted by molar-refractivity contribution is 9.10. The standard InChI is InChI=1S/C8H4BrClN2/c9-5-1-7-8(11-3-5)2-6(10)4-12-7/h1-4H. The maximum atomic E-state index is 5.74. The summed E-state index contributed by atoms with van der Waals surface area (Å²) in [5.74, 6) is 0. The molecule has 0 aliphatic carbocycles. The third-order valence-corrected chi connectivity index (χ3v) is 2.11. The van der Waals surface area contributed by atoms with Crippen molar-refractivity contribution in [2.45, 2.75) is 0 Å². The first-order chi connectivity index (χ1) is 5.75. The second kappa shape index (κ2) is 2.99. The van der Waals surface area contributed by atoms with Crippen LogP contribution < -0.4 is 0 Å². The van der Waals surface area contributed by atoms with Crippen molar-refractivity contribution < 1.29 is 0 Å². The quantitative estimate of drug-likeness (QED) is 0.711. The number of rotatable bonds is 0. The summed E-state index contributed by atoms with van der Waals surface area (Å²) in [6.07, 6.45) is 3.33. The normalized spacial score (nSPS) is 10.5. The Labute approximate surface area is 82.7 Å². The molecule has 2 aromatic rings. The van der Waals surface area contributed by atoms with Crippen LogP contribution in [-0.4, -0.2) is 9.97 Å². The van der Waals surface area contributed by atoms with Crippen molar-refractivity contribution in [2.24, 2.45) is 0 Å². The van der Waals surface area contributed by atoms with Gasteiger partial charge in [-0.1, -0.05) is 11.6 Å². The third kappa shape index (κ3) is 1.42. The molecule has 0 spiro atoms. The molecule has 2 nitrogen and oxygen atoms in total. The van der Waals surface area contributed by atoms with E-state index in [0.717, 1.165) is 15.5 Å². The van der Waals surface area contributed by atoms with Gasteiger partial charge in [0.05, 0.1) is 16.1 Å². The van der Waals surface area contributed by atoms with E-state index in [9.17, 15) is 0 Å². The molecule has 12 heavy (non-hydrogen) atoms. The molecule has 2 aromatic heterocycles. The average Bonchev–Trinajstić information content (AvgIpc) is 2.05. The van der Waals surface area contributed by atoms with Crippen molar-refractivity contribution in [3.8, 4) is 0 Å². The molecule has 2 heterocycles. The molecule has 0 fully saturated rings. The Kier molecular flexibility index (Phi) is 1.98. The Hall–Kier alpha value is -0.670. The van der Waals surface area contributed by atoms with E-state index in [2.05, 4.69) is 25.9 Å². The van der Waals surface area contributed by atoms with Gasteiger partial charge in [0.25, 0.3) is 0 Å². The first-order valence-corrected chi connectivity index (χ1v) is 4.49. The lowest BCUT2D eigenvalue weighted by molar-refractivity contribution is 1.32. The number of pyridine rings is 2. The highest BCUT2D eigenvalue weighted by Gasteiger charge is 1.97. The monoisotopic (exact) mass is 242 g/mol. The van der Waals surface area contributed by atoms with E-state index in [4.69, 9.17) is 11.6 Å². The van der Waals surface area contributed by atoms with Crippen LogP contribution in [0.1, 0.15) is 0 Å². The predicted molar refractivity (Wildman–Crippen MR) is 52.2 cm³/mol. The number of halogens is 2. The topological polar surface area (TPSA) is 25.8 Å². The second-order valence-electron chi connectivity index (χ2n) is 2.35. The van der Waals surface area contributed by atoms with E-state index in [-0.39, 0.29) is 0 Å². The van der Waals surface area contributed by atoms with Crippen LogP contribution in [0.25, 0.3) is 11.0 Å². The third-order valence-electron chi connectivity index (χ3n) is 1.47. The van der Waals surface area contributed by atoms with Gasteiger partial charge in [-0.2, -0.15) is 0 Å². The highest BCUT2D eigenvalue weighted by atomic mass is 79.9. The van der Waals surface area contributed by atoms with Crippen LogP contribution in [0.3, 0.4) is 0 Å². The summed E-state index contributed by atoms with van der Waals surface area (Å²) >= 11 is 9.06. The molecule has 0 atom stereocenters. The van der Waals surface area contributed by atoms with E-state index in [1.165, 1.54) is 0 Å². The van der Waals surface area contributed by atoms with Gasteiger partial charge >= 0.3 is 0 Å². The Balaban J connectivity index is 2.79. The van der Waals surface area contributed by atoms with Crippen LogP contribution in [-0.2, 0) is 0 Å². The zero-order valence-electron chi connectivity index (χ0n) is 5.96. The van der Waals surface area contributed by atoms with Gasteiger partial charge in [0.1, 0.15) is 0 Å². The SMILES string of the molecule is Clc1cnc2cc(Br)cnc2c1. The van der Waals surface area contributed by atoms with Crippen molar-refractivity contribution in [1.29, 1.82) is 0 Å². The van der Waals surface area contributed by atoms with Crippen molar-refractivity contribution in [2.75, 3.05) is 0 Å². The lowest BCUT2D eigenvalue weighted by Crippen LogP contribution is -1.81. The molecule has 0 N–H and O–H groups in total. The Morgan fingerprint density at radius 1 is 1.08 bits per heavy atom. The number of nitrogens with zero attached hydrogens (tertiary/aromatic N) is 2. The summed E-state index contributed by atoms with van der Waals surface area (Å²) in [7, 11) is 0. The van der Waals surface area contributed by atoms with E-state index in [1.54, 1.807) is 18.5 Å². The zero-order valence-corrected chi connectivity index (χ0v) is 8.30. The van der Waals surface area contributed by atoms with Crippen LogP contribution in [0, 0.1) is 0 Å². The fourth-order valence-corrected chi connectivity index (χ4v) is 1.42. The molecule has 2 rings (SSSR count). The number of fused-ring (bicyclic) bond motifs is 1. The van der Waals surface area contributed by atoms with E-state index < -0.39 is 0 Å². The molecule has 0 aromatic carbocycles. The summed E-state index contributed by atoms with van der Waals surface area (Å²) in [4.78, 5) is 8.26. The summed E-state index contributed by atoms with van der Waals surface area (Å²) in [5.41, 5.74) is 1.65. The minimum absolute atomic E-state index is 0.609. The molecule has 60 valence electrons. The summed E-state index contributed by atoms with van der Waals surface area (Å²) in [6, 6.07) is 3.69. The van der Waals surface area contributed by atoms with Crippen molar-refractivity contribution in [3.05, 3.63) is 34.0 Å². The van der Waals surface area contributed by atoms with Crippen molar-refractivity contribution in [3.63, 3.8) is 0 Å². The van der Waals surface area contributed by atoms with Gasteiger partial charge in [-0.15, -0.1) is 0 Å². The number of hydrogen-bond acceptors (Lipinski definition) is 2. The summed E-state index contributed by atoms with van der Waals surface area (Å²) < 4.78 is 0.921. The van der Waals surface area contributed by atoms with Gasteiger partial charge in [-0.25, -0.2) is 0 Å². The molecule has 0 unspecified atom stereocenters. The Bertz CT molecular complexity index is 389. The molecule has 0 aliphatic heterocycles. The van der Waals surface area contributed by atoms with Gasteiger partial charge in [0, 0.05) is 16.9 Å². The van der Waals surface area contributed by atoms with E-state index >= 15 is 0 Å². The fraction of sp³-hybridized carbons (Fsp3) is 0. The largest absolute Gasteiger partial charge is 0.253 e. The van der Waals surface area contributed by atoms with Gasteiger partial charge in [0.15, 0.2) is 0 Å². The van der Waals surface area contributed by atoms with Crippen molar-refractivity contribution in [1.82, 2.24) is 9.97 Å². The molecular weight excluding hydrogens is 239 g/mol. The van der Waals surface area contributed by atoms with Crippen molar-refractivity contribution >= 4 is 38.6 Å². The van der Waals surface area contributed by atoms with E-state index in [1.807, 2.05) is 6.07 Å². The van der Waals surface area contributed by atoms with Crippen LogP contribution in [0.2, 0.25) is 5.02 Å². The number of aromatic nitrogens is 2. The summed E-state index contributed by atoms with van der Waals surface area (Å²) in [5, 5.41) is 0.609. The molecule has 0 bridgehead atoms. The van der Waals surface area contributed by atoms with Gasteiger partial charge in [-0.3, -0.25) is 9.97 Å². The van der Waals surface area contributed by atoms with Gasteiger partial charge < -0.3 is 0 Å². The average molecular weight is 243 g/mol. The van der Waals surface area contributed by atoms with Crippen LogP contribution in [0.4, 0.5) is 0 Å². The maximum Gasteiger partial charge on any atom is 0.0902 e. The van der Waals surface area contributed by atoms with Crippen LogP contribution in [0.15, 0.2) is 29.0 Å². The van der Waals surface area contributed by atoms with E-state index in [0.29, 0.717) is 5.02 Å². The molecule has 0 aliphatic rings. The minimum Gasteiger partial charge on any atom is -0.253 e. The molecule has 0 saturated carbocycles. The second-order valence-corrected chi connectivity index (χ2v) is 3.70. The molecular formula is C8H4BrClN2. The summed E-state index contributed by atoms with van der Waals surface area (Å²) in [6.45, 7) is 0. The minimum atomic E-state index is 0.609. The van der Waals surface area contributed by atoms with Crippen LogP contribution in [0.5, 0.6) is 0 Å². The molecule has 0 saturated heterocycles.